The summed E-state index contributed by atoms with van der Waals surface area (Å²) in [5.41, 5.74) is 4.16. The number of nitrogens with zero attached hydrogens (tertiary/aromatic N) is 4. The van der Waals surface area contributed by atoms with Crippen molar-refractivity contribution >= 4 is 10.9 Å². The molecule has 2 aromatic heterocycles. The van der Waals surface area contributed by atoms with E-state index in [0.717, 1.165) is 28.7 Å². The zero-order valence-electron chi connectivity index (χ0n) is 10.5. The van der Waals surface area contributed by atoms with Gasteiger partial charge in [0, 0.05) is 5.39 Å². The SMILES string of the molecule is CCc1ccc2ncc(-n3cc(C)nn3)cc2c1. The first kappa shape index (κ1) is 10.9. The summed E-state index contributed by atoms with van der Waals surface area (Å²) in [7, 11) is 0. The lowest BCUT2D eigenvalue weighted by Crippen LogP contribution is -1.96. The molecule has 0 aliphatic heterocycles. The van der Waals surface area contributed by atoms with E-state index in [0.29, 0.717) is 0 Å². The van der Waals surface area contributed by atoms with Gasteiger partial charge < -0.3 is 0 Å². The molecule has 1 aromatic carbocycles. The van der Waals surface area contributed by atoms with Crippen LogP contribution in [0.15, 0.2) is 36.7 Å². The van der Waals surface area contributed by atoms with Crippen LogP contribution in [0.2, 0.25) is 0 Å². The summed E-state index contributed by atoms with van der Waals surface area (Å²) in [5, 5.41) is 9.19. The second kappa shape index (κ2) is 4.22. The van der Waals surface area contributed by atoms with E-state index in [1.54, 1.807) is 4.68 Å². The van der Waals surface area contributed by atoms with Gasteiger partial charge in [-0.1, -0.05) is 18.2 Å². The molecule has 0 radical (unpaired) electrons. The van der Waals surface area contributed by atoms with Crippen molar-refractivity contribution < 1.29 is 0 Å². The van der Waals surface area contributed by atoms with E-state index in [-0.39, 0.29) is 0 Å². The summed E-state index contributed by atoms with van der Waals surface area (Å²) in [6, 6.07) is 8.45. The van der Waals surface area contributed by atoms with Crippen molar-refractivity contribution in [2.75, 3.05) is 0 Å². The highest BCUT2D eigenvalue weighted by molar-refractivity contribution is 5.80. The lowest BCUT2D eigenvalue weighted by molar-refractivity contribution is 0.799. The molecule has 4 nitrogen and oxygen atoms in total. The summed E-state index contributed by atoms with van der Waals surface area (Å²) < 4.78 is 1.75. The van der Waals surface area contributed by atoms with Crippen LogP contribution in [0.25, 0.3) is 16.6 Å². The minimum absolute atomic E-state index is 0.900. The van der Waals surface area contributed by atoms with Crippen LogP contribution < -0.4 is 0 Å². The van der Waals surface area contributed by atoms with Crippen LogP contribution in [0.4, 0.5) is 0 Å². The number of benzene rings is 1. The molecule has 0 aliphatic rings. The minimum atomic E-state index is 0.900. The van der Waals surface area contributed by atoms with Crippen molar-refractivity contribution in [2.45, 2.75) is 20.3 Å². The molecule has 0 spiro atoms. The van der Waals surface area contributed by atoms with Gasteiger partial charge in [-0.3, -0.25) is 4.98 Å². The van der Waals surface area contributed by atoms with E-state index in [1.807, 2.05) is 19.3 Å². The molecule has 90 valence electrons. The first-order valence-electron chi connectivity index (χ1n) is 6.04. The molecule has 3 aromatic rings. The topological polar surface area (TPSA) is 43.6 Å². The molecule has 0 N–H and O–H groups in total. The Bertz CT molecular complexity index is 700. The Kier molecular flexibility index (Phi) is 2.55. The normalized spacial score (nSPS) is 11.0. The molecule has 0 fully saturated rings. The van der Waals surface area contributed by atoms with E-state index >= 15 is 0 Å². The average Bonchev–Trinajstić information content (AvgIpc) is 2.84. The fourth-order valence-corrected chi connectivity index (χ4v) is 1.99. The Hall–Kier alpha value is -2.23. The maximum atomic E-state index is 4.45. The highest BCUT2D eigenvalue weighted by atomic mass is 15.4. The maximum Gasteiger partial charge on any atom is 0.0853 e. The number of hydrogen-bond acceptors (Lipinski definition) is 3. The Balaban J connectivity index is 2.14. The van der Waals surface area contributed by atoms with Crippen molar-refractivity contribution in [3.63, 3.8) is 0 Å². The van der Waals surface area contributed by atoms with Crippen LogP contribution in [0.3, 0.4) is 0 Å². The Morgan fingerprint density at radius 2 is 2.11 bits per heavy atom. The number of hydrogen-bond donors (Lipinski definition) is 0. The van der Waals surface area contributed by atoms with Crippen molar-refractivity contribution in [3.05, 3.63) is 47.9 Å². The third kappa shape index (κ3) is 1.86. The van der Waals surface area contributed by atoms with Crippen molar-refractivity contribution in [1.82, 2.24) is 20.0 Å². The number of rotatable bonds is 2. The van der Waals surface area contributed by atoms with Crippen molar-refractivity contribution in [1.29, 1.82) is 0 Å². The van der Waals surface area contributed by atoms with E-state index in [4.69, 9.17) is 0 Å². The predicted molar refractivity (Wildman–Crippen MR) is 70.8 cm³/mol. The standard InChI is InChI=1S/C14H14N4/c1-3-11-4-5-14-12(6-11)7-13(8-15-14)18-9-10(2)16-17-18/h4-9H,3H2,1-2H3. The van der Waals surface area contributed by atoms with Crippen LogP contribution in [-0.4, -0.2) is 20.0 Å². The van der Waals surface area contributed by atoms with Crippen LogP contribution in [0, 0.1) is 6.92 Å². The van der Waals surface area contributed by atoms with Gasteiger partial charge in [0.2, 0.25) is 0 Å². The zero-order valence-corrected chi connectivity index (χ0v) is 10.5. The van der Waals surface area contributed by atoms with E-state index in [2.05, 4.69) is 46.5 Å². The van der Waals surface area contributed by atoms with E-state index in [9.17, 15) is 0 Å². The maximum absolute atomic E-state index is 4.45. The monoisotopic (exact) mass is 238 g/mol. The molecule has 0 saturated carbocycles. The predicted octanol–water partition coefficient (Wildman–Crippen LogP) is 2.69. The zero-order chi connectivity index (χ0) is 12.5. The Labute approximate surface area is 105 Å². The number of aryl methyl sites for hydroxylation is 2. The largest absolute Gasteiger partial charge is 0.254 e. The van der Waals surface area contributed by atoms with Gasteiger partial charge in [0.15, 0.2) is 0 Å². The molecule has 0 aliphatic carbocycles. The van der Waals surface area contributed by atoms with Gasteiger partial charge in [-0.05, 0) is 37.1 Å². The molecule has 0 amide bonds. The molecule has 0 bridgehead atoms. The lowest BCUT2D eigenvalue weighted by Gasteiger charge is -2.04. The number of pyridine rings is 1. The first-order chi connectivity index (χ1) is 8.76. The molecule has 0 unspecified atom stereocenters. The molecular formula is C14H14N4. The molecule has 0 saturated heterocycles. The summed E-state index contributed by atoms with van der Waals surface area (Å²) in [6.07, 6.45) is 4.75. The van der Waals surface area contributed by atoms with Crippen LogP contribution >= 0.6 is 0 Å². The quantitative estimate of drug-likeness (QED) is 0.689. The number of aromatic nitrogens is 4. The second-order valence-corrected chi connectivity index (χ2v) is 4.38. The summed E-state index contributed by atoms with van der Waals surface area (Å²) >= 11 is 0. The van der Waals surface area contributed by atoms with E-state index < -0.39 is 0 Å². The van der Waals surface area contributed by atoms with Gasteiger partial charge in [-0.2, -0.15) is 0 Å². The van der Waals surface area contributed by atoms with E-state index in [1.165, 1.54) is 5.56 Å². The summed E-state index contributed by atoms with van der Waals surface area (Å²) in [5.74, 6) is 0. The van der Waals surface area contributed by atoms with Gasteiger partial charge in [0.05, 0.1) is 29.3 Å². The highest BCUT2D eigenvalue weighted by Gasteiger charge is 2.03. The van der Waals surface area contributed by atoms with Gasteiger partial charge in [-0.25, -0.2) is 4.68 Å². The summed E-state index contributed by atoms with van der Waals surface area (Å²) in [4.78, 5) is 4.45. The van der Waals surface area contributed by atoms with Crippen LogP contribution in [0.1, 0.15) is 18.2 Å². The molecule has 18 heavy (non-hydrogen) atoms. The average molecular weight is 238 g/mol. The van der Waals surface area contributed by atoms with Crippen LogP contribution in [-0.2, 0) is 6.42 Å². The van der Waals surface area contributed by atoms with Crippen molar-refractivity contribution in [3.8, 4) is 5.69 Å². The van der Waals surface area contributed by atoms with Gasteiger partial charge in [0.1, 0.15) is 0 Å². The fraction of sp³-hybridized carbons (Fsp3) is 0.214. The van der Waals surface area contributed by atoms with Gasteiger partial charge in [0.25, 0.3) is 0 Å². The first-order valence-corrected chi connectivity index (χ1v) is 6.04. The smallest absolute Gasteiger partial charge is 0.0853 e. The lowest BCUT2D eigenvalue weighted by atomic mass is 10.1. The Morgan fingerprint density at radius 1 is 1.22 bits per heavy atom. The summed E-state index contributed by atoms with van der Waals surface area (Å²) in [6.45, 7) is 4.08. The second-order valence-electron chi connectivity index (χ2n) is 4.38. The van der Waals surface area contributed by atoms with Gasteiger partial charge in [-0.15, -0.1) is 5.10 Å². The van der Waals surface area contributed by atoms with Crippen molar-refractivity contribution in [2.24, 2.45) is 0 Å². The van der Waals surface area contributed by atoms with Gasteiger partial charge >= 0.3 is 0 Å². The fourth-order valence-electron chi connectivity index (χ4n) is 1.99. The molecule has 3 rings (SSSR count). The van der Waals surface area contributed by atoms with Crippen LogP contribution in [0.5, 0.6) is 0 Å². The molecule has 0 atom stereocenters. The third-order valence-corrected chi connectivity index (χ3v) is 3.01. The minimum Gasteiger partial charge on any atom is -0.254 e. The molecular weight excluding hydrogens is 224 g/mol. The third-order valence-electron chi connectivity index (χ3n) is 3.01. The highest BCUT2D eigenvalue weighted by Crippen LogP contribution is 2.17. The molecule has 2 heterocycles. The number of fused-ring (bicyclic) bond motifs is 1. The molecule has 4 heteroatoms. The Morgan fingerprint density at radius 3 is 2.83 bits per heavy atom.